The second-order valence-electron chi connectivity index (χ2n) is 6.26. The normalized spacial score (nSPS) is 20.3. The second-order valence-corrected chi connectivity index (χ2v) is 6.26. The van der Waals surface area contributed by atoms with Crippen LogP contribution >= 0.6 is 0 Å². The van der Waals surface area contributed by atoms with Crippen molar-refractivity contribution in [2.45, 2.75) is 38.0 Å². The maximum absolute atomic E-state index is 12.1. The Morgan fingerprint density at radius 1 is 1.19 bits per heavy atom. The van der Waals surface area contributed by atoms with Crippen LogP contribution in [0.3, 0.4) is 0 Å². The fourth-order valence-electron chi connectivity index (χ4n) is 3.28. The van der Waals surface area contributed by atoms with Gasteiger partial charge in [0, 0.05) is 37.3 Å². The number of nitrogens with zero attached hydrogens (tertiary/aromatic N) is 3. The van der Waals surface area contributed by atoms with Gasteiger partial charge in [0.1, 0.15) is 0 Å². The van der Waals surface area contributed by atoms with E-state index in [0.29, 0.717) is 18.2 Å². The second kappa shape index (κ2) is 7.03. The molecule has 0 aliphatic carbocycles. The molecule has 1 amide bonds. The first-order valence-electron chi connectivity index (χ1n) is 8.24. The smallest absolute Gasteiger partial charge is 0.222 e. The molecule has 0 aromatic carbocycles. The summed E-state index contributed by atoms with van der Waals surface area (Å²) in [4.78, 5) is 21.0. The summed E-state index contributed by atoms with van der Waals surface area (Å²) in [6, 6.07) is 6.01. The van der Waals surface area contributed by atoms with Crippen LogP contribution < -0.4 is 0 Å². The highest BCUT2D eigenvalue weighted by Gasteiger charge is 2.31. The van der Waals surface area contributed by atoms with Gasteiger partial charge in [-0.3, -0.25) is 9.78 Å². The van der Waals surface area contributed by atoms with E-state index >= 15 is 0 Å². The van der Waals surface area contributed by atoms with Crippen molar-refractivity contribution >= 4 is 5.91 Å². The van der Waals surface area contributed by atoms with E-state index in [4.69, 9.17) is 0 Å². The summed E-state index contributed by atoms with van der Waals surface area (Å²) in [6.45, 7) is 5.22. The topological polar surface area (TPSA) is 36.4 Å². The highest BCUT2D eigenvalue weighted by molar-refractivity contribution is 5.77. The van der Waals surface area contributed by atoms with E-state index in [0.717, 1.165) is 31.7 Å². The standard InChI is InChI=1S/C17H25N3O/c21-17(8-6-12-19-10-4-1-5-11-19)20-13-15(14-20)16-7-2-3-9-18-16/h2-3,7,9,15H,1,4-6,8,10-14H2. The zero-order chi connectivity index (χ0) is 14.5. The van der Waals surface area contributed by atoms with Crippen molar-refractivity contribution in [2.75, 3.05) is 32.7 Å². The summed E-state index contributed by atoms with van der Waals surface area (Å²) in [5, 5.41) is 0. The number of piperidine rings is 1. The van der Waals surface area contributed by atoms with Gasteiger partial charge in [0.15, 0.2) is 0 Å². The average molecular weight is 287 g/mol. The zero-order valence-corrected chi connectivity index (χ0v) is 12.7. The third-order valence-electron chi connectivity index (χ3n) is 4.65. The minimum absolute atomic E-state index is 0.319. The molecule has 0 spiro atoms. The Kier molecular flexibility index (Phi) is 4.86. The van der Waals surface area contributed by atoms with Crippen LogP contribution in [-0.2, 0) is 4.79 Å². The van der Waals surface area contributed by atoms with Crippen LogP contribution in [0.1, 0.15) is 43.7 Å². The molecule has 0 unspecified atom stereocenters. The molecule has 2 saturated heterocycles. The summed E-state index contributed by atoms with van der Waals surface area (Å²) >= 11 is 0. The minimum atomic E-state index is 0.319. The minimum Gasteiger partial charge on any atom is -0.341 e. The molecule has 2 fully saturated rings. The molecule has 3 heterocycles. The number of hydrogen-bond donors (Lipinski definition) is 0. The van der Waals surface area contributed by atoms with Crippen LogP contribution in [-0.4, -0.2) is 53.4 Å². The Morgan fingerprint density at radius 2 is 2.00 bits per heavy atom. The summed E-state index contributed by atoms with van der Waals surface area (Å²) in [7, 11) is 0. The number of hydrogen-bond acceptors (Lipinski definition) is 3. The Bertz CT molecular complexity index is 450. The SMILES string of the molecule is O=C(CCCN1CCCCC1)N1CC(c2ccccn2)C1. The van der Waals surface area contributed by atoms with Gasteiger partial charge >= 0.3 is 0 Å². The molecular formula is C17H25N3O. The summed E-state index contributed by atoms with van der Waals surface area (Å²) in [6.07, 6.45) is 7.56. The first-order chi connectivity index (χ1) is 10.3. The number of amides is 1. The van der Waals surface area contributed by atoms with E-state index in [1.807, 2.05) is 23.2 Å². The van der Waals surface area contributed by atoms with Crippen molar-refractivity contribution in [1.82, 2.24) is 14.8 Å². The molecule has 21 heavy (non-hydrogen) atoms. The van der Waals surface area contributed by atoms with E-state index in [1.54, 1.807) is 0 Å². The lowest BCUT2D eigenvalue weighted by Gasteiger charge is -2.39. The Hall–Kier alpha value is -1.42. The van der Waals surface area contributed by atoms with Crippen LogP contribution in [0.2, 0.25) is 0 Å². The molecule has 0 N–H and O–H groups in total. The summed E-state index contributed by atoms with van der Waals surface area (Å²) in [5.41, 5.74) is 1.12. The van der Waals surface area contributed by atoms with E-state index in [-0.39, 0.29) is 0 Å². The lowest BCUT2D eigenvalue weighted by molar-refractivity contribution is -0.135. The molecule has 0 radical (unpaired) electrons. The van der Waals surface area contributed by atoms with Gasteiger partial charge < -0.3 is 9.80 Å². The van der Waals surface area contributed by atoms with Gasteiger partial charge in [0.2, 0.25) is 5.91 Å². The molecular weight excluding hydrogens is 262 g/mol. The van der Waals surface area contributed by atoms with Gasteiger partial charge in [-0.05, 0) is 51.0 Å². The van der Waals surface area contributed by atoms with Gasteiger partial charge in [-0.1, -0.05) is 12.5 Å². The molecule has 1 aromatic heterocycles. The van der Waals surface area contributed by atoms with Crippen molar-refractivity contribution in [3.8, 4) is 0 Å². The van der Waals surface area contributed by atoms with E-state index < -0.39 is 0 Å². The van der Waals surface area contributed by atoms with Gasteiger partial charge in [-0.2, -0.15) is 0 Å². The summed E-state index contributed by atoms with van der Waals surface area (Å²) < 4.78 is 0. The van der Waals surface area contributed by atoms with Crippen LogP contribution in [0, 0.1) is 0 Å². The van der Waals surface area contributed by atoms with E-state index in [2.05, 4.69) is 16.0 Å². The fraction of sp³-hybridized carbons (Fsp3) is 0.647. The predicted octanol–water partition coefficient (Wildman–Crippen LogP) is 2.27. The monoisotopic (exact) mass is 287 g/mol. The van der Waals surface area contributed by atoms with Gasteiger partial charge in [0.05, 0.1) is 0 Å². The number of carbonyl (C=O) groups is 1. The molecule has 114 valence electrons. The molecule has 0 atom stereocenters. The van der Waals surface area contributed by atoms with Gasteiger partial charge in [0.25, 0.3) is 0 Å². The van der Waals surface area contributed by atoms with Crippen LogP contribution in [0.15, 0.2) is 24.4 Å². The largest absolute Gasteiger partial charge is 0.341 e. The summed E-state index contributed by atoms with van der Waals surface area (Å²) in [5.74, 6) is 0.761. The van der Waals surface area contributed by atoms with Crippen molar-refractivity contribution in [2.24, 2.45) is 0 Å². The average Bonchev–Trinajstić information content (AvgIpc) is 2.48. The Morgan fingerprint density at radius 3 is 2.71 bits per heavy atom. The maximum Gasteiger partial charge on any atom is 0.222 e. The van der Waals surface area contributed by atoms with Gasteiger partial charge in [-0.15, -0.1) is 0 Å². The molecule has 0 bridgehead atoms. The number of aromatic nitrogens is 1. The number of pyridine rings is 1. The first kappa shape index (κ1) is 14.5. The third-order valence-corrected chi connectivity index (χ3v) is 4.65. The molecule has 2 aliphatic heterocycles. The van der Waals surface area contributed by atoms with E-state index in [9.17, 15) is 4.79 Å². The van der Waals surface area contributed by atoms with Crippen molar-refractivity contribution in [1.29, 1.82) is 0 Å². The van der Waals surface area contributed by atoms with Crippen LogP contribution in [0.5, 0.6) is 0 Å². The van der Waals surface area contributed by atoms with E-state index in [1.165, 1.54) is 32.4 Å². The quantitative estimate of drug-likeness (QED) is 0.833. The Labute approximate surface area is 127 Å². The van der Waals surface area contributed by atoms with Crippen molar-refractivity contribution < 1.29 is 4.79 Å². The molecule has 0 saturated carbocycles. The van der Waals surface area contributed by atoms with Crippen molar-refractivity contribution in [3.63, 3.8) is 0 Å². The lowest BCUT2D eigenvalue weighted by atomic mass is 9.95. The predicted molar refractivity (Wildman–Crippen MR) is 83.1 cm³/mol. The Balaban J connectivity index is 1.34. The highest BCUT2D eigenvalue weighted by atomic mass is 16.2. The third kappa shape index (κ3) is 3.82. The number of likely N-dealkylation sites (tertiary alicyclic amines) is 2. The molecule has 1 aromatic rings. The van der Waals surface area contributed by atoms with Crippen molar-refractivity contribution in [3.05, 3.63) is 30.1 Å². The first-order valence-corrected chi connectivity index (χ1v) is 8.24. The molecule has 4 nitrogen and oxygen atoms in total. The number of rotatable bonds is 5. The maximum atomic E-state index is 12.1. The van der Waals surface area contributed by atoms with Crippen LogP contribution in [0.25, 0.3) is 0 Å². The number of carbonyl (C=O) groups excluding carboxylic acids is 1. The molecule has 3 rings (SSSR count). The lowest BCUT2D eigenvalue weighted by Crippen LogP contribution is -2.48. The van der Waals surface area contributed by atoms with Gasteiger partial charge in [-0.25, -0.2) is 0 Å². The van der Waals surface area contributed by atoms with Crippen LogP contribution in [0.4, 0.5) is 0 Å². The fourth-order valence-corrected chi connectivity index (χ4v) is 3.28. The molecule has 4 heteroatoms. The highest BCUT2D eigenvalue weighted by Crippen LogP contribution is 2.25. The zero-order valence-electron chi connectivity index (χ0n) is 12.7. The molecule has 2 aliphatic rings.